The Morgan fingerprint density at radius 3 is 2.96 bits per heavy atom. The molecule has 6 nitrogen and oxygen atoms in total. The van der Waals surface area contributed by atoms with Crippen LogP contribution in [0.3, 0.4) is 0 Å². The van der Waals surface area contributed by atoms with Crippen molar-refractivity contribution in [2.24, 2.45) is 0 Å². The second kappa shape index (κ2) is 6.82. The molecule has 0 radical (unpaired) electrons. The van der Waals surface area contributed by atoms with Crippen LogP contribution in [0.4, 0.5) is 14.9 Å². The molecule has 2 aromatic rings. The fourth-order valence-electron chi connectivity index (χ4n) is 3.87. The number of aromatic nitrogens is 1. The number of ether oxygens (including phenoxy) is 1. The number of carbonyl (C=O) groups excluding carboxylic acids is 1. The van der Waals surface area contributed by atoms with E-state index in [0.29, 0.717) is 25.3 Å². The van der Waals surface area contributed by atoms with Crippen molar-refractivity contribution < 1.29 is 13.9 Å². The lowest BCUT2D eigenvalue weighted by atomic mass is 10.2. The molecule has 4 rings (SSSR count). The minimum atomic E-state index is -0.311. The van der Waals surface area contributed by atoms with Crippen molar-refractivity contribution in [3.63, 3.8) is 0 Å². The van der Waals surface area contributed by atoms with Crippen LogP contribution in [0, 0.1) is 5.82 Å². The van der Waals surface area contributed by atoms with E-state index in [0.717, 1.165) is 17.7 Å². The van der Waals surface area contributed by atoms with Crippen molar-refractivity contribution in [2.45, 2.75) is 25.0 Å². The number of benzene rings is 1. The Bertz CT molecular complexity index is 816. The number of halogens is 1. The molecule has 0 aliphatic carbocycles. The maximum absolute atomic E-state index is 14.0. The molecule has 7 heteroatoms. The molecule has 0 saturated carbocycles. The van der Waals surface area contributed by atoms with E-state index >= 15 is 0 Å². The molecule has 1 aromatic carbocycles. The number of nitrogens with one attached hydrogen (secondary N) is 1. The number of likely N-dealkylation sites (tertiary alicyclic amines) is 1. The molecule has 2 fully saturated rings. The van der Waals surface area contributed by atoms with Gasteiger partial charge in [-0.2, -0.15) is 0 Å². The predicted molar refractivity (Wildman–Crippen MR) is 95.7 cm³/mol. The molecule has 2 saturated heterocycles. The molecule has 3 heterocycles. The van der Waals surface area contributed by atoms with Crippen LogP contribution in [0.5, 0.6) is 5.75 Å². The van der Waals surface area contributed by atoms with Gasteiger partial charge in [0.1, 0.15) is 5.75 Å². The number of anilines is 1. The monoisotopic (exact) mass is 356 g/mol. The van der Waals surface area contributed by atoms with Gasteiger partial charge in [0.25, 0.3) is 0 Å². The molecular formula is C19H21FN4O2. The average Bonchev–Trinajstić information content (AvgIpc) is 3.27. The Morgan fingerprint density at radius 1 is 1.35 bits per heavy atom. The lowest BCUT2D eigenvalue weighted by Gasteiger charge is -2.35. The molecule has 2 amide bonds. The Kier molecular flexibility index (Phi) is 4.36. The van der Waals surface area contributed by atoms with E-state index in [1.165, 1.54) is 6.20 Å². The zero-order valence-electron chi connectivity index (χ0n) is 14.6. The predicted octanol–water partition coefficient (Wildman–Crippen LogP) is 2.40. The highest BCUT2D eigenvalue weighted by Gasteiger charge is 2.45. The summed E-state index contributed by atoms with van der Waals surface area (Å²) in [7, 11) is 1.62. The van der Waals surface area contributed by atoms with Crippen LogP contribution in [0.1, 0.15) is 12.0 Å². The molecule has 2 bridgehead atoms. The molecule has 2 atom stereocenters. The van der Waals surface area contributed by atoms with Gasteiger partial charge in [-0.1, -0.05) is 12.1 Å². The Labute approximate surface area is 151 Å². The van der Waals surface area contributed by atoms with Gasteiger partial charge in [0.2, 0.25) is 0 Å². The van der Waals surface area contributed by atoms with Crippen molar-refractivity contribution in [1.29, 1.82) is 0 Å². The third-order valence-electron chi connectivity index (χ3n) is 5.14. The lowest BCUT2D eigenvalue weighted by Crippen LogP contribution is -2.52. The summed E-state index contributed by atoms with van der Waals surface area (Å²) in [6.45, 7) is 1.71. The van der Waals surface area contributed by atoms with Crippen LogP contribution in [-0.4, -0.2) is 48.2 Å². The zero-order chi connectivity index (χ0) is 18.1. The number of hydrogen-bond donors (Lipinski definition) is 1. The number of methoxy groups -OCH3 is 1. The van der Waals surface area contributed by atoms with Crippen molar-refractivity contribution in [3.8, 4) is 5.75 Å². The first kappa shape index (κ1) is 16.6. The van der Waals surface area contributed by atoms with Gasteiger partial charge in [0.05, 0.1) is 25.0 Å². The number of piperazine rings is 1. The molecule has 2 aliphatic rings. The van der Waals surface area contributed by atoms with Gasteiger partial charge in [-0.25, -0.2) is 9.18 Å². The first-order valence-corrected chi connectivity index (χ1v) is 8.69. The molecule has 1 N–H and O–H groups in total. The molecule has 1 aromatic heterocycles. The maximum atomic E-state index is 14.0. The zero-order valence-corrected chi connectivity index (χ0v) is 14.6. The van der Waals surface area contributed by atoms with E-state index in [9.17, 15) is 9.18 Å². The van der Waals surface area contributed by atoms with E-state index < -0.39 is 0 Å². The van der Waals surface area contributed by atoms with Gasteiger partial charge in [0.15, 0.2) is 5.82 Å². The SMILES string of the molecule is COc1cccc(CNC(=O)N2CC3CC2CN3c2ccncc2F)c1. The number of amides is 2. The average molecular weight is 356 g/mol. The maximum Gasteiger partial charge on any atom is 0.318 e. The summed E-state index contributed by atoms with van der Waals surface area (Å²) >= 11 is 0. The summed E-state index contributed by atoms with van der Waals surface area (Å²) in [4.78, 5) is 20.3. The second-order valence-corrected chi connectivity index (χ2v) is 6.69. The summed E-state index contributed by atoms with van der Waals surface area (Å²) in [5.74, 6) is 0.459. The summed E-state index contributed by atoms with van der Waals surface area (Å²) in [6, 6.07) is 9.52. The van der Waals surface area contributed by atoms with Crippen LogP contribution in [0.25, 0.3) is 0 Å². The number of hydrogen-bond acceptors (Lipinski definition) is 4. The Hall–Kier alpha value is -2.83. The molecule has 0 spiro atoms. The molecule has 136 valence electrons. The first-order valence-electron chi connectivity index (χ1n) is 8.69. The van der Waals surface area contributed by atoms with Crippen LogP contribution in [-0.2, 0) is 6.54 Å². The number of nitrogens with zero attached hydrogens (tertiary/aromatic N) is 3. The van der Waals surface area contributed by atoms with Gasteiger partial charge in [-0.05, 0) is 30.2 Å². The van der Waals surface area contributed by atoms with Crippen molar-refractivity contribution in [3.05, 3.63) is 54.1 Å². The fraction of sp³-hybridized carbons (Fsp3) is 0.368. The number of rotatable bonds is 4. The minimum absolute atomic E-state index is 0.0739. The van der Waals surface area contributed by atoms with Crippen molar-refractivity contribution >= 4 is 11.7 Å². The van der Waals surface area contributed by atoms with E-state index in [4.69, 9.17) is 4.74 Å². The van der Waals surface area contributed by atoms with E-state index in [1.54, 1.807) is 19.4 Å². The van der Waals surface area contributed by atoms with Gasteiger partial charge in [0, 0.05) is 31.9 Å². The molecule has 2 aliphatic heterocycles. The Morgan fingerprint density at radius 2 is 2.23 bits per heavy atom. The van der Waals surface area contributed by atoms with Gasteiger partial charge < -0.3 is 19.9 Å². The molecular weight excluding hydrogens is 335 g/mol. The number of pyridine rings is 1. The normalized spacial score (nSPS) is 21.2. The lowest BCUT2D eigenvalue weighted by molar-refractivity contribution is 0.188. The highest BCUT2D eigenvalue weighted by Crippen LogP contribution is 2.35. The highest BCUT2D eigenvalue weighted by atomic mass is 19.1. The summed E-state index contributed by atoms with van der Waals surface area (Å²) in [5, 5.41) is 2.97. The van der Waals surface area contributed by atoms with Crippen LogP contribution in [0.2, 0.25) is 0 Å². The van der Waals surface area contributed by atoms with Crippen LogP contribution in [0.15, 0.2) is 42.7 Å². The topological polar surface area (TPSA) is 57.7 Å². The summed E-state index contributed by atoms with van der Waals surface area (Å²) in [6.07, 6.45) is 3.71. The molecule has 26 heavy (non-hydrogen) atoms. The quantitative estimate of drug-likeness (QED) is 0.914. The van der Waals surface area contributed by atoms with E-state index in [2.05, 4.69) is 10.3 Å². The van der Waals surface area contributed by atoms with Crippen molar-refractivity contribution in [2.75, 3.05) is 25.1 Å². The third-order valence-corrected chi connectivity index (χ3v) is 5.14. The largest absolute Gasteiger partial charge is 0.497 e. The van der Waals surface area contributed by atoms with Gasteiger partial charge in [-0.15, -0.1) is 0 Å². The summed E-state index contributed by atoms with van der Waals surface area (Å²) < 4.78 is 19.2. The van der Waals surface area contributed by atoms with E-state index in [-0.39, 0.29) is 23.9 Å². The summed E-state index contributed by atoms with van der Waals surface area (Å²) in [5.41, 5.74) is 1.56. The van der Waals surface area contributed by atoms with Gasteiger partial charge in [-0.3, -0.25) is 4.98 Å². The van der Waals surface area contributed by atoms with Gasteiger partial charge >= 0.3 is 6.03 Å². The van der Waals surface area contributed by atoms with Crippen LogP contribution >= 0.6 is 0 Å². The first-order chi connectivity index (χ1) is 12.7. The molecule has 2 unspecified atom stereocenters. The number of carbonyl (C=O) groups is 1. The Balaban J connectivity index is 1.36. The number of fused-ring (bicyclic) bond motifs is 2. The number of urea groups is 1. The second-order valence-electron chi connectivity index (χ2n) is 6.69. The van der Waals surface area contributed by atoms with Crippen molar-refractivity contribution in [1.82, 2.24) is 15.2 Å². The third kappa shape index (κ3) is 3.05. The van der Waals surface area contributed by atoms with Crippen LogP contribution < -0.4 is 15.0 Å². The fourth-order valence-corrected chi connectivity index (χ4v) is 3.87. The standard InChI is InChI=1S/C19H21FN4O2/c1-26-16-4-2-3-13(7-16)9-22-19(25)24-12-14-8-15(24)11-23(14)18-5-6-21-10-17(18)20/h2-7,10,14-15H,8-9,11-12H2,1H3,(H,22,25). The van der Waals surface area contributed by atoms with E-state index in [1.807, 2.05) is 34.1 Å². The minimum Gasteiger partial charge on any atom is -0.497 e. The highest BCUT2D eigenvalue weighted by molar-refractivity contribution is 5.76. The smallest absolute Gasteiger partial charge is 0.318 e.